The molecule has 0 radical (unpaired) electrons. The Morgan fingerprint density at radius 2 is 1.76 bits per heavy atom. The minimum Gasteiger partial charge on any atom is -0.305 e. The van der Waals surface area contributed by atoms with E-state index in [4.69, 9.17) is 0 Å². The number of rotatable bonds is 4. The third kappa shape index (κ3) is 3.46. The largest absolute Gasteiger partial charge is 0.305 e. The molecule has 0 spiro atoms. The molecule has 3 aromatic rings. The fraction of sp³-hybridized carbons (Fsp3) is 0.176. The number of hydrogen-bond donors (Lipinski definition) is 1. The summed E-state index contributed by atoms with van der Waals surface area (Å²) in [5.41, 5.74) is 4.08. The lowest BCUT2D eigenvalue weighted by Crippen LogP contribution is -2.18. The minimum absolute atomic E-state index is 0.270. The zero-order chi connectivity index (χ0) is 14.7. The maximum Gasteiger partial charge on any atom is 0.0890 e. The molecule has 2 aromatic carbocycles. The highest BCUT2D eigenvalue weighted by molar-refractivity contribution is 9.10. The van der Waals surface area contributed by atoms with Crippen molar-refractivity contribution in [3.05, 3.63) is 70.5 Å². The van der Waals surface area contributed by atoms with Gasteiger partial charge in [0.15, 0.2) is 0 Å². The third-order valence-corrected chi connectivity index (χ3v) is 3.99. The molecule has 0 fully saturated rings. The van der Waals surface area contributed by atoms with E-state index in [1.165, 1.54) is 5.56 Å². The van der Waals surface area contributed by atoms with Gasteiger partial charge in [-0.15, -0.1) is 0 Å². The van der Waals surface area contributed by atoms with Crippen molar-refractivity contribution in [2.45, 2.75) is 19.5 Å². The second-order valence-electron chi connectivity index (χ2n) is 5.00. The Morgan fingerprint density at radius 3 is 2.52 bits per heavy atom. The third-order valence-electron chi connectivity index (χ3n) is 3.46. The van der Waals surface area contributed by atoms with Crippen LogP contribution in [-0.4, -0.2) is 9.97 Å². The molecule has 0 aliphatic carbocycles. The van der Waals surface area contributed by atoms with Crippen LogP contribution in [0.4, 0.5) is 0 Å². The fourth-order valence-corrected chi connectivity index (χ4v) is 2.47. The number of halogens is 1. The molecule has 1 aromatic heterocycles. The average molecular weight is 342 g/mol. The van der Waals surface area contributed by atoms with Gasteiger partial charge in [0, 0.05) is 17.1 Å². The Kier molecular flexibility index (Phi) is 4.27. The molecule has 1 heterocycles. The van der Waals surface area contributed by atoms with E-state index in [1.807, 2.05) is 30.5 Å². The molecule has 106 valence electrons. The molecule has 0 unspecified atom stereocenters. The summed E-state index contributed by atoms with van der Waals surface area (Å²) in [7, 11) is 0. The van der Waals surface area contributed by atoms with Crippen molar-refractivity contribution < 1.29 is 0 Å². The number of nitrogens with zero attached hydrogens (tertiary/aromatic N) is 2. The van der Waals surface area contributed by atoms with Crippen molar-refractivity contribution in [2.75, 3.05) is 0 Å². The van der Waals surface area contributed by atoms with Crippen LogP contribution in [0, 0.1) is 0 Å². The molecular formula is C17H16BrN3. The molecule has 0 saturated carbocycles. The van der Waals surface area contributed by atoms with Gasteiger partial charge >= 0.3 is 0 Å². The number of aromatic nitrogens is 2. The molecule has 0 aliphatic heterocycles. The van der Waals surface area contributed by atoms with E-state index < -0.39 is 0 Å². The molecule has 0 amide bonds. The summed E-state index contributed by atoms with van der Waals surface area (Å²) >= 11 is 3.45. The van der Waals surface area contributed by atoms with E-state index >= 15 is 0 Å². The Bertz CT molecular complexity index is 740. The lowest BCUT2D eigenvalue weighted by molar-refractivity contribution is 0.567. The standard InChI is InChI=1S/C17H16BrN3/c1-12(13-6-8-14(18)9-7-13)19-10-15-11-20-16-4-2-3-5-17(16)21-15/h2-9,11-12,19H,10H2,1H3/t12-/m1/s1. The summed E-state index contributed by atoms with van der Waals surface area (Å²) in [6.45, 7) is 2.85. The molecular weight excluding hydrogens is 326 g/mol. The summed E-state index contributed by atoms with van der Waals surface area (Å²) in [6, 6.07) is 16.6. The molecule has 1 N–H and O–H groups in total. The monoisotopic (exact) mass is 341 g/mol. The van der Waals surface area contributed by atoms with Crippen molar-refractivity contribution in [2.24, 2.45) is 0 Å². The molecule has 21 heavy (non-hydrogen) atoms. The van der Waals surface area contributed by atoms with Gasteiger partial charge in [0.25, 0.3) is 0 Å². The van der Waals surface area contributed by atoms with Crippen LogP contribution in [0.25, 0.3) is 11.0 Å². The van der Waals surface area contributed by atoms with Crippen LogP contribution in [0.2, 0.25) is 0 Å². The SMILES string of the molecule is C[C@@H](NCc1cnc2ccccc2n1)c1ccc(Br)cc1. The van der Waals surface area contributed by atoms with Crippen LogP contribution in [0.1, 0.15) is 24.2 Å². The van der Waals surface area contributed by atoms with Crippen molar-refractivity contribution >= 4 is 27.0 Å². The van der Waals surface area contributed by atoms with Crippen LogP contribution in [0.3, 0.4) is 0 Å². The predicted octanol–water partition coefficient (Wildman–Crippen LogP) is 4.24. The topological polar surface area (TPSA) is 37.8 Å². The highest BCUT2D eigenvalue weighted by Gasteiger charge is 2.06. The van der Waals surface area contributed by atoms with Gasteiger partial charge < -0.3 is 5.32 Å². The molecule has 0 bridgehead atoms. The highest BCUT2D eigenvalue weighted by Crippen LogP contribution is 2.17. The number of benzene rings is 2. The fourth-order valence-electron chi connectivity index (χ4n) is 2.21. The van der Waals surface area contributed by atoms with Gasteiger partial charge in [-0.1, -0.05) is 40.2 Å². The highest BCUT2D eigenvalue weighted by atomic mass is 79.9. The Hall–Kier alpha value is -1.78. The lowest BCUT2D eigenvalue weighted by atomic mass is 10.1. The minimum atomic E-state index is 0.270. The molecule has 0 saturated heterocycles. The average Bonchev–Trinajstić information content (AvgIpc) is 2.53. The van der Waals surface area contributed by atoms with Crippen molar-refractivity contribution in [1.82, 2.24) is 15.3 Å². The second kappa shape index (κ2) is 6.33. The zero-order valence-electron chi connectivity index (χ0n) is 11.8. The van der Waals surface area contributed by atoms with Crippen LogP contribution >= 0.6 is 15.9 Å². The molecule has 0 aliphatic rings. The first kappa shape index (κ1) is 14.2. The van der Waals surface area contributed by atoms with E-state index in [0.717, 1.165) is 21.2 Å². The van der Waals surface area contributed by atoms with Gasteiger partial charge in [-0.2, -0.15) is 0 Å². The number of hydrogen-bond acceptors (Lipinski definition) is 3. The Balaban J connectivity index is 1.69. The van der Waals surface area contributed by atoms with Crippen LogP contribution in [-0.2, 0) is 6.54 Å². The Labute approximate surface area is 132 Å². The molecule has 1 atom stereocenters. The first-order valence-electron chi connectivity index (χ1n) is 6.92. The lowest BCUT2D eigenvalue weighted by Gasteiger charge is -2.14. The summed E-state index contributed by atoms with van der Waals surface area (Å²) in [6.07, 6.45) is 1.84. The molecule has 3 nitrogen and oxygen atoms in total. The van der Waals surface area contributed by atoms with E-state index in [1.54, 1.807) is 0 Å². The smallest absolute Gasteiger partial charge is 0.0890 e. The van der Waals surface area contributed by atoms with Crippen molar-refractivity contribution in [1.29, 1.82) is 0 Å². The van der Waals surface area contributed by atoms with E-state index in [-0.39, 0.29) is 6.04 Å². The van der Waals surface area contributed by atoms with Gasteiger partial charge in [-0.25, -0.2) is 4.98 Å². The quantitative estimate of drug-likeness (QED) is 0.771. The first-order chi connectivity index (χ1) is 10.2. The predicted molar refractivity (Wildman–Crippen MR) is 88.9 cm³/mol. The molecule has 4 heteroatoms. The van der Waals surface area contributed by atoms with Gasteiger partial charge in [-0.05, 0) is 36.8 Å². The Morgan fingerprint density at radius 1 is 1.05 bits per heavy atom. The van der Waals surface area contributed by atoms with Gasteiger partial charge in [-0.3, -0.25) is 4.98 Å². The van der Waals surface area contributed by atoms with Gasteiger partial charge in [0.05, 0.1) is 22.9 Å². The van der Waals surface area contributed by atoms with Gasteiger partial charge in [0.1, 0.15) is 0 Å². The van der Waals surface area contributed by atoms with Crippen LogP contribution in [0.15, 0.2) is 59.2 Å². The van der Waals surface area contributed by atoms with Crippen molar-refractivity contribution in [3.8, 4) is 0 Å². The molecule has 3 rings (SSSR count). The van der Waals surface area contributed by atoms with E-state index in [2.05, 4.69) is 62.4 Å². The van der Waals surface area contributed by atoms with E-state index in [0.29, 0.717) is 6.54 Å². The van der Waals surface area contributed by atoms with Crippen LogP contribution in [0.5, 0.6) is 0 Å². The normalized spacial score (nSPS) is 12.5. The first-order valence-corrected chi connectivity index (χ1v) is 7.71. The summed E-state index contributed by atoms with van der Waals surface area (Å²) in [5.74, 6) is 0. The van der Waals surface area contributed by atoms with Gasteiger partial charge in [0.2, 0.25) is 0 Å². The maximum absolute atomic E-state index is 4.62. The van der Waals surface area contributed by atoms with Crippen molar-refractivity contribution in [3.63, 3.8) is 0 Å². The van der Waals surface area contributed by atoms with E-state index in [9.17, 15) is 0 Å². The summed E-state index contributed by atoms with van der Waals surface area (Å²) in [5, 5.41) is 3.48. The number of nitrogens with one attached hydrogen (secondary N) is 1. The maximum atomic E-state index is 4.62. The summed E-state index contributed by atoms with van der Waals surface area (Å²) in [4.78, 5) is 9.06. The van der Waals surface area contributed by atoms with Crippen LogP contribution < -0.4 is 5.32 Å². The number of para-hydroxylation sites is 2. The summed E-state index contributed by atoms with van der Waals surface area (Å²) < 4.78 is 1.10. The second-order valence-corrected chi connectivity index (χ2v) is 5.92. The zero-order valence-corrected chi connectivity index (χ0v) is 13.3. The number of fused-ring (bicyclic) bond motifs is 1.